The second-order valence-electron chi connectivity index (χ2n) is 8.73. The van der Waals surface area contributed by atoms with Crippen LogP contribution in [-0.4, -0.2) is 37.9 Å². The number of carbonyl (C=O) groups excluding carboxylic acids is 3. The van der Waals surface area contributed by atoms with Gasteiger partial charge < -0.3 is 14.4 Å². The molecule has 0 unspecified atom stereocenters. The summed E-state index contributed by atoms with van der Waals surface area (Å²) in [7, 11) is 1.34. The number of ketones is 1. The summed E-state index contributed by atoms with van der Waals surface area (Å²) in [6.07, 6.45) is 2.49. The Labute approximate surface area is 214 Å². The lowest BCUT2D eigenvalue weighted by molar-refractivity contribution is -0.114. The molecule has 6 heteroatoms. The van der Waals surface area contributed by atoms with Crippen molar-refractivity contribution in [1.82, 2.24) is 0 Å². The number of anilines is 1. The number of nitrogens with zero attached hydrogens (tertiary/aromatic N) is 1. The number of amides is 1. The van der Waals surface area contributed by atoms with Crippen molar-refractivity contribution in [3.05, 3.63) is 113 Å². The average Bonchev–Trinajstić information content (AvgIpc) is 3.18. The van der Waals surface area contributed by atoms with Crippen molar-refractivity contribution in [2.45, 2.75) is 6.42 Å². The number of methoxy groups -OCH3 is 1. The summed E-state index contributed by atoms with van der Waals surface area (Å²) in [5.41, 5.74) is 3.25. The van der Waals surface area contributed by atoms with Crippen molar-refractivity contribution in [2.75, 3.05) is 25.2 Å². The number of carbonyl (C=O) groups is 3. The van der Waals surface area contributed by atoms with Crippen molar-refractivity contribution in [1.29, 1.82) is 0 Å². The molecule has 1 aliphatic rings. The first kappa shape index (κ1) is 24.0. The predicted molar refractivity (Wildman–Crippen MR) is 143 cm³/mol. The van der Waals surface area contributed by atoms with Gasteiger partial charge in [0.25, 0.3) is 11.7 Å². The third-order valence-corrected chi connectivity index (χ3v) is 6.37. The molecule has 0 N–H and O–H groups in total. The molecule has 5 rings (SSSR count). The number of hydrogen-bond acceptors (Lipinski definition) is 5. The van der Waals surface area contributed by atoms with Crippen LogP contribution in [0.15, 0.2) is 96.6 Å². The van der Waals surface area contributed by atoms with Gasteiger partial charge in [0, 0.05) is 18.4 Å². The zero-order valence-electron chi connectivity index (χ0n) is 20.3. The van der Waals surface area contributed by atoms with Gasteiger partial charge in [-0.15, -0.1) is 0 Å². The normalized spacial score (nSPS) is 13.1. The van der Waals surface area contributed by atoms with Crippen molar-refractivity contribution in [2.24, 2.45) is 0 Å². The molecule has 0 bridgehead atoms. The first-order valence-electron chi connectivity index (χ1n) is 12.0. The Morgan fingerprint density at radius 1 is 0.865 bits per heavy atom. The zero-order valence-corrected chi connectivity index (χ0v) is 20.3. The van der Waals surface area contributed by atoms with E-state index >= 15 is 0 Å². The Morgan fingerprint density at radius 2 is 1.59 bits per heavy atom. The maximum Gasteiger partial charge on any atom is 0.337 e. The predicted octanol–water partition coefficient (Wildman–Crippen LogP) is 5.71. The van der Waals surface area contributed by atoms with E-state index in [0.29, 0.717) is 29.8 Å². The lowest BCUT2D eigenvalue weighted by Crippen LogP contribution is -2.31. The van der Waals surface area contributed by atoms with E-state index in [2.05, 4.69) is 0 Å². The van der Waals surface area contributed by atoms with Crippen LogP contribution in [0.2, 0.25) is 0 Å². The van der Waals surface area contributed by atoms with Gasteiger partial charge in [-0.3, -0.25) is 9.59 Å². The first-order chi connectivity index (χ1) is 18.0. The van der Waals surface area contributed by atoms with Crippen LogP contribution in [0.4, 0.5) is 5.69 Å². The van der Waals surface area contributed by atoms with Gasteiger partial charge in [-0.05, 0) is 46.9 Å². The van der Waals surface area contributed by atoms with E-state index in [-0.39, 0.29) is 6.54 Å². The van der Waals surface area contributed by atoms with E-state index in [9.17, 15) is 14.4 Å². The molecule has 1 aliphatic heterocycles. The number of benzene rings is 4. The quantitative estimate of drug-likeness (QED) is 0.233. The molecular formula is C31H25NO5. The maximum absolute atomic E-state index is 12.8. The van der Waals surface area contributed by atoms with E-state index in [1.54, 1.807) is 30.3 Å². The number of Topliss-reactive ketones (excluding diaryl/α,β-unsaturated/α-hetero) is 1. The molecule has 0 atom stereocenters. The molecule has 0 fully saturated rings. The molecule has 0 saturated heterocycles. The van der Waals surface area contributed by atoms with Crippen LogP contribution >= 0.6 is 0 Å². The van der Waals surface area contributed by atoms with Gasteiger partial charge in [0.05, 0.1) is 30.5 Å². The van der Waals surface area contributed by atoms with Gasteiger partial charge in [-0.25, -0.2) is 4.79 Å². The van der Waals surface area contributed by atoms with Gasteiger partial charge in [0.2, 0.25) is 0 Å². The minimum atomic E-state index is -0.539. The Balaban J connectivity index is 1.40. The molecule has 0 saturated carbocycles. The van der Waals surface area contributed by atoms with Crippen molar-refractivity contribution in [3.63, 3.8) is 0 Å². The fourth-order valence-corrected chi connectivity index (χ4v) is 4.49. The average molecular weight is 492 g/mol. The van der Waals surface area contributed by atoms with E-state index in [4.69, 9.17) is 9.47 Å². The molecule has 0 aromatic heterocycles. The van der Waals surface area contributed by atoms with Crippen molar-refractivity contribution < 1.29 is 23.9 Å². The van der Waals surface area contributed by atoms with Crippen molar-refractivity contribution >= 4 is 40.2 Å². The standard InChI is InChI=1S/C31H25NO5/c1-36-31(35)24-15-13-21(14-16-24)19-22(20-32-27-11-5-4-10-26(27)29(33)30(32)34)17-18-37-28-12-6-8-23-7-2-3-9-25(23)28/h2-16,19H,17-18,20H2,1H3/b22-19-. The SMILES string of the molecule is COC(=O)c1ccc(/C=C(/CCOc2cccc3ccccc23)CN2C(=O)C(=O)c3ccccc32)cc1. The number of ether oxygens (including phenoxy) is 2. The molecule has 4 aromatic carbocycles. The third kappa shape index (κ3) is 5.00. The summed E-state index contributed by atoms with van der Waals surface area (Å²) >= 11 is 0. The number of esters is 1. The van der Waals surface area contributed by atoms with E-state index in [0.717, 1.165) is 27.7 Å². The van der Waals surface area contributed by atoms with Gasteiger partial charge in [-0.2, -0.15) is 0 Å². The van der Waals surface area contributed by atoms with Crippen LogP contribution in [0.5, 0.6) is 5.75 Å². The second kappa shape index (κ2) is 10.5. The topological polar surface area (TPSA) is 72.9 Å². The Morgan fingerprint density at radius 3 is 2.41 bits per heavy atom. The number of rotatable bonds is 8. The molecule has 37 heavy (non-hydrogen) atoms. The van der Waals surface area contributed by atoms with Gasteiger partial charge in [0.15, 0.2) is 0 Å². The monoisotopic (exact) mass is 491 g/mol. The fraction of sp³-hybridized carbons (Fsp3) is 0.129. The lowest BCUT2D eigenvalue weighted by Gasteiger charge is -2.19. The van der Waals surface area contributed by atoms with E-state index in [1.165, 1.54) is 12.0 Å². The van der Waals surface area contributed by atoms with E-state index < -0.39 is 17.7 Å². The van der Waals surface area contributed by atoms with Crippen LogP contribution in [0.1, 0.15) is 32.7 Å². The highest BCUT2D eigenvalue weighted by molar-refractivity contribution is 6.52. The summed E-state index contributed by atoms with van der Waals surface area (Å²) < 4.78 is 10.9. The minimum Gasteiger partial charge on any atom is -0.493 e. The van der Waals surface area contributed by atoms with Crippen LogP contribution in [0, 0.1) is 0 Å². The van der Waals surface area contributed by atoms with Gasteiger partial charge in [-0.1, -0.05) is 66.7 Å². The molecule has 0 radical (unpaired) electrons. The summed E-state index contributed by atoms with van der Waals surface area (Å²) in [6, 6.07) is 28.0. The maximum atomic E-state index is 12.8. The summed E-state index contributed by atoms with van der Waals surface area (Å²) in [4.78, 5) is 38.6. The smallest absolute Gasteiger partial charge is 0.337 e. The Bertz CT molecular complexity index is 1520. The lowest BCUT2D eigenvalue weighted by atomic mass is 10.1. The van der Waals surface area contributed by atoms with Gasteiger partial charge in [0.1, 0.15) is 5.75 Å². The summed E-state index contributed by atoms with van der Waals surface area (Å²) in [5.74, 6) is -0.651. The van der Waals surface area contributed by atoms with Crippen molar-refractivity contribution in [3.8, 4) is 5.75 Å². The first-order valence-corrected chi connectivity index (χ1v) is 12.0. The molecule has 1 heterocycles. The zero-order chi connectivity index (χ0) is 25.8. The van der Waals surface area contributed by atoms with Gasteiger partial charge >= 0.3 is 5.97 Å². The van der Waals surface area contributed by atoms with Crippen LogP contribution in [-0.2, 0) is 9.53 Å². The number of para-hydroxylation sites is 1. The molecule has 1 amide bonds. The van der Waals surface area contributed by atoms with Crippen LogP contribution in [0.25, 0.3) is 16.8 Å². The molecule has 4 aromatic rings. The number of fused-ring (bicyclic) bond motifs is 2. The summed E-state index contributed by atoms with van der Waals surface area (Å²) in [6.45, 7) is 0.636. The number of hydrogen-bond donors (Lipinski definition) is 0. The summed E-state index contributed by atoms with van der Waals surface area (Å²) in [5, 5.41) is 2.13. The molecule has 6 nitrogen and oxygen atoms in total. The minimum absolute atomic E-state index is 0.249. The Kier molecular flexibility index (Phi) is 6.81. The van der Waals surface area contributed by atoms with Crippen LogP contribution in [0.3, 0.4) is 0 Å². The third-order valence-electron chi connectivity index (χ3n) is 6.37. The highest BCUT2D eigenvalue weighted by Crippen LogP contribution is 2.30. The van der Waals surface area contributed by atoms with E-state index in [1.807, 2.05) is 66.7 Å². The molecule has 0 spiro atoms. The highest BCUT2D eigenvalue weighted by atomic mass is 16.5. The fourth-order valence-electron chi connectivity index (χ4n) is 4.49. The second-order valence-corrected chi connectivity index (χ2v) is 8.73. The highest BCUT2D eigenvalue weighted by Gasteiger charge is 2.35. The molecule has 0 aliphatic carbocycles. The largest absolute Gasteiger partial charge is 0.493 e. The molecule has 184 valence electrons. The molecular weight excluding hydrogens is 466 g/mol. The Hall–Kier alpha value is -4.71. The van der Waals surface area contributed by atoms with Crippen LogP contribution < -0.4 is 9.64 Å².